The molecule has 0 saturated carbocycles. The zero-order valence-electron chi connectivity index (χ0n) is 11.9. The second kappa shape index (κ2) is 9.83. The van der Waals surface area contributed by atoms with Crippen molar-refractivity contribution < 1.29 is 14.3 Å². The lowest BCUT2D eigenvalue weighted by atomic mass is 10.1. The molecule has 2 N–H and O–H groups in total. The molecule has 2 amide bonds. The van der Waals surface area contributed by atoms with Gasteiger partial charge in [0.05, 0.1) is 6.61 Å². The van der Waals surface area contributed by atoms with Crippen LogP contribution in [0.15, 0.2) is 30.3 Å². The minimum atomic E-state index is -0.482. The maximum Gasteiger partial charge on any atom is 0.407 e. The number of amides is 2. The zero-order chi connectivity index (χ0) is 14.6. The Kier molecular flexibility index (Phi) is 7.87. The van der Waals surface area contributed by atoms with Crippen LogP contribution in [0.4, 0.5) is 4.79 Å². The number of hydrogen-bond acceptors (Lipinski definition) is 3. The van der Waals surface area contributed by atoms with Crippen LogP contribution in [0.2, 0.25) is 0 Å². The van der Waals surface area contributed by atoms with Crippen molar-refractivity contribution in [2.24, 2.45) is 0 Å². The molecule has 5 nitrogen and oxygen atoms in total. The number of carbonyl (C=O) groups is 2. The second-order valence-corrected chi connectivity index (χ2v) is 4.34. The summed E-state index contributed by atoms with van der Waals surface area (Å²) in [6, 6.07) is 10.2. The standard InChI is InChI=1S/C15H22N2O3/c1-2-20-15(19)17-12-10-14(18)16-11-6-9-13-7-4-3-5-8-13/h3-5,7-8H,2,6,9-12H2,1H3,(H,16,18)(H,17,19). The van der Waals surface area contributed by atoms with Crippen molar-refractivity contribution in [2.75, 3.05) is 19.7 Å². The van der Waals surface area contributed by atoms with Gasteiger partial charge in [-0.25, -0.2) is 4.79 Å². The van der Waals surface area contributed by atoms with Gasteiger partial charge in [0.1, 0.15) is 0 Å². The summed E-state index contributed by atoms with van der Waals surface area (Å²) >= 11 is 0. The van der Waals surface area contributed by atoms with Gasteiger partial charge in [0.15, 0.2) is 0 Å². The molecule has 0 bridgehead atoms. The molecule has 0 aromatic heterocycles. The molecule has 20 heavy (non-hydrogen) atoms. The van der Waals surface area contributed by atoms with E-state index in [4.69, 9.17) is 0 Å². The van der Waals surface area contributed by atoms with Gasteiger partial charge >= 0.3 is 6.09 Å². The van der Waals surface area contributed by atoms with Crippen LogP contribution in [0.25, 0.3) is 0 Å². The lowest BCUT2D eigenvalue weighted by molar-refractivity contribution is -0.120. The van der Waals surface area contributed by atoms with E-state index >= 15 is 0 Å². The Bertz CT molecular complexity index is 407. The first-order chi connectivity index (χ1) is 9.72. The Morgan fingerprint density at radius 2 is 1.85 bits per heavy atom. The SMILES string of the molecule is CCOC(=O)NCCC(=O)NCCCc1ccccc1. The molecule has 0 aliphatic carbocycles. The van der Waals surface area contributed by atoms with Crippen LogP contribution in [0.3, 0.4) is 0 Å². The summed E-state index contributed by atoms with van der Waals surface area (Å²) in [4.78, 5) is 22.5. The van der Waals surface area contributed by atoms with Gasteiger partial charge in [-0.2, -0.15) is 0 Å². The predicted octanol–water partition coefficient (Wildman–Crippen LogP) is 1.87. The number of hydrogen-bond donors (Lipinski definition) is 2. The molecule has 1 rings (SSSR count). The molecule has 0 unspecified atom stereocenters. The van der Waals surface area contributed by atoms with E-state index in [1.165, 1.54) is 5.56 Å². The van der Waals surface area contributed by atoms with Crippen molar-refractivity contribution in [1.82, 2.24) is 10.6 Å². The van der Waals surface area contributed by atoms with Crippen LogP contribution in [0.1, 0.15) is 25.3 Å². The number of nitrogens with one attached hydrogen (secondary N) is 2. The number of carbonyl (C=O) groups excluding carboxylic acids is 2. The van der Waals surface area contributed by atoms with Gasteiger partial charge in [0.25, 0.3) is 0 Å². The quantitative estimate of drug-likeness (QED) is 0.713. The molecular weight excluding hydrogens is 256 g/mol. The average Bonchev–Trinajstić information content (AvgIpc) is 2.45. The maximum absolute atomic E-state index is 11.5. The minimum absolute atomic E-state index is 0.0603. The first-order valence-electron chi connectivity index (χ1n) is 6.93. The molecule has 0 fully saturated rings. The van der Waals surface area contributed by atoms with Crippen LogP contribution in [0.5, 0.6) is 0 Å². The van der Waals surface area contributed by atoms with Gasteiger partial charge in [0, 0.05) is 19.5 Å². The summed E-state index contributed by atoms with van der Waals surface area (Å²) in [7, 11) is 0. The largest absolute Gasteiger partial charge is 0.450 e. The molecule has 110 valence electrons. The Morgan fingerprint density at radius 1 is 1.10 bits per heavy atom. The number of benzene rings is 1. The fourth-order valence-corrected chi connectivity index (χ4v) is 1.71. The first kappa shape index (κ1) is 16.0. The topological polar surface area (TPSA) is 67.4 Å². The van der Waals surface area contributed by atoms with Crippen LogP contribution in [-0.4, -0.2) is 31.7 Å². The van der Waals surface area contributed by atoms with Crippen LogP contribution in [0, 0.1) is 0 Å². The molecule has 0 heterocycles. The molecule has 5 heteroatoms. The highest BCUT2D eigenvalue weighted by Crippen LogP contribution is 2.01. The molecule has 1 aromatic carbocycles. The van der Waals surface area contributed by atoms with Crippen LogP contribution < -0.4 is 10.6 Å². The summed E-state index contributed by atoms with van der Waals surface area (Å²) in [5, 5.41) is 5.34. The molecule has 1 aromatic rings. The van der Waals surface area contributed by atoms with E-state index in [2.05, 4.69) is 27.5 Å². The summed E-state index contributed by atoms with van der Waals surface area (Å²) in [6.45, 7) is 3.01. The van der Waals surface area contributed by atoms with Gasteiger partial charge < -0.3 is 15.4 Å². The van der Waals surface area contributed by atoms with Crippen molar-refractivity contribution in [1.29, 1.82) is 0 Å². The van der Waals surface area contributed by atoms with Crippen molar-refractivity contribution in [3.63, 3.8) is 0 Å². The van der Waals surface area contributed by atoms with E-state index in [0.29, 0.717) is 19.7 Å². The van der Waals surface area contributed by atoms with E-state index < -0.39 is 6.09 Å². The Labute approximate surface area is 119 Å². The number of rotatable bonds is 8. The lowest BCUT2D eigenvalue weighted by Crippen LogP contribution is -2.31. The Morgan fingerprint density at radius 3 is 2.55 bits per heavy atom. The Balaban J connectivity index is 2.01. The molecule has 0 radical (unpaired) electrons. The molecule has 0 spiro atoms. The minimum Gasteiger partial charge on any atom is -0.450 e. The normalized spacial score (nSPS) is 9.85. The van der Waals surface area contributed by atoms with E-state index in [1.54, 1.807) is 6.92 Å². The Hall–Kier alpha value is -2.04. The van der Waals surface area contributed by atoms with Gasteiger partial charge in [-0.1, -0.05) is 30.3 Å². The third-order valence-corrected chi connectivity index (χ3v) is 2.70. The number of ether oxygens (including phenoxy) is 1. The maximum atomic E-state index is 11.5. The van der Waals surface area contributed by atoms with Gasteiger partial charge in [0.2, 0.25) is 5.91 Å². The fraction of sp³-hybridized carbons (Fsp3) is 0.467. The summed E-state index contributed by atoms with van der Waals surface area (Å²) in [5.74, 6) is -0.0603. The van der Waals surface area contributed by atoms with Gasteiger partial charge in [-0.3, -0.25) is 4.79 Å². The molecule has 0 saturated heterocycles. The molecular formula is C15H22N2O3. The van der Waals surface area contributed by atoms with E-state index in [0.717, 1.165) is 12.8 Å². The van der Waals surface area contributed by atoms with Gasteiger partial charge in [-0.05, 0) is 25.3 Å². The summed E-state index contributed by atoms with van der Waals surface area (Å²) in [5.41, 5.74) is 1.27. The highest BCUT2D eigenvalue weighted by atomic mass is 16.5. The van der Waals surface area contributed by atoms with E-state index in [9.17, 15) is 9.59 Å². The molecule has 0 aliphatic rings. The smallest absolute Gasteiger partial charge is 0.407 e. The monoisotopic (exact) mass is 278 g/mol. The zero-order valence-corrected chi connectivity index (χ0v) is 11.9. The third-order valence-electron chi connectivity index (χ3n) is 2.70. The van der Waals surface area contributed by atoms with Crippen molar-refractivity contribution in [3.05, 3.63) is 35.9 Å². The lowest BCUT2D eigenvalue weighted by Gasteiger charge is -2.06. The average molecular weight is 278 g/mol. The van der Waals surface area contributed by atoms with E-state index in [-0.39, 0.29) is 12.3 Å². The molecule has 0 aliphatic heterocycles. The summed E-state index contributed by atoms with van der Waals surface area (Å²) in [6.07, 6.45) is 1.64. The second-order valence-electron chi connectivity index (χ2n) is 4.34. The number of alkyl carbamates (subject to hydrolysis) is 1. The predicted molar refractivity (Wildman–Crippen MR) is 77.4 cm³/mol. The van der Waals surface area contributed by atoms with Gasteiger partial charge in [-0.15, -0.1) is 0 Å². The van der Waals surface area contributed by atoms with E-state index in [1.807, 2.05) is 18.2 Å². The van der Waals surface area contributed by atoms with Crippen molar-refractivity contribution in [3.8, 4) is 0 Å². The van der Waals surface area contributed by atoms with Crippen LogP contribution >= 0.6 is 0 Å². The highest BCUT2D eigenvalue weighted by Gasteiger charge is 2.03. The van der Waals surface area contributed by atoms with Crippen LogP contribution in [-0.2, 0) is 16.0 Å². The third kappa shape index (κ3) is 7.41. The fourth-order valence-electron chi connectivity index (χ4n) is 1.71. The highest BCUT2D eigenvalue weighted by molar-refractivity contribution is 5.76. The summed E-state index contributed by atoms with van der Waals surface area (Å²) < 4.78 is 4.69. The van der Waals surface area contributed by atoms with Crippen molar-refractivity contribution >= 4 is 12.0 Å². The number of aryl methyl sites for hydroxylation is 1. The van der Waals surface area contributed by atoms with Crippen molar-refractivity contribution in [2.45, 2.75) is 26.2 Å². The first-order valence-corrected chi connectivity index (χ1v) is 6.93. The molecule has 0 atom stereocenters.